The fourth-order valence-corrected chi connectivity index (χ4v) is 3.18. The van der Waals surface area contributed by atoms with Crippen molar-refractivity contribution >= 4 is 17.1 Å². The second kappa shape index (κ2) is 9.17. The Hall–Kier alpha value is -3.74. The molecule has 30 heavy (non-hydrogen) atoms. The van der Waals surface area contributed by atoms with E-state index in [-0.39, 0.29) is 18.4 Å². The van der Waals surface area contributed by atoms with E-state index in [2.05, 4.69) is 39.3 Å². The van der Waals surface area contributed by atoms with Crippen molar-refractivity contribution < 1.29 is 9.53 Å². The summed E-state index contributed by atoms with van der Waals surface area (Å²) in [5.74, 6) is 0.540. The third-order valence-corrected chi connectivity index (χ3v) is 4.87. The summed E-state index contributed by atoms with van der Waals surface area (Å²) in [6, 6.07) is 20.0. The first-order chi connectivity index (χ1) is 14.7. The zero-order chi connectivity index (χ0) is 20.8. The molecule has 2 aromatic carbocycles. The van der Waals surface area contributed by atoms with Crippen LogP contribution in [0.4, 0.5) is 0 Å². The summed E-state index contributed by atoms with van der Waals surface area (Å²) in [4.78, 5) is 25.3. The molecule has 0 saturated carbocycles. The standard InChI is InChI=1S/C23H23N5O2/c1-17(19-10-6-3-7-11-19)12-24-20(29)13-28-16-27-21-22(28)25-15-26-23(21)30-14-18-8-4-2-5-9-18/h2-11,15-17H,12-14H2,1H3,(H,24,29). The first kappa shape index (κ1) is 19.6. The molecular formula is C23H23N5O2. The molecule has 2 heterocycles. The Balaban J connectivity index is 1.39. The van der Waals surface area contributed by atoms with E-state index in [4.69, 9.17) is 4.74 Å². The lowest BCUT2D eigenvalue weighted by Gasteiger charge is -2.13. The van der Waals surface area contributed by atoms with Crippen molar-refractivity contribution in [2.45, 2.75) is 26.0 Å². The number of carbonyl (C=O) groups excluding carboxylic acids is 1. The van der Waals surface area contributed by atoms with Crippen molar-refractivity contribution in [2.24, 2.45) is 0 Å². The molecule has 7 nitrogen and oxygen atoms in total. The molecule has 2 aromatic heterocycles. The number of amides is 1. The third kappa shape index (κ3) is 4.63. The Bertz CT molecular complexity index is 1110. The van der Waals surface area contributed by atoms with Gasteiger partial charge in [0, 0.05) is 6.54 Å². The lowest BCUT2D eigenvalue weighted by atomic mass is 10.0. The molecule has 0 spiro atoms. The van der Waals surface area contributed by atoms with E-state index < -0.39 is 0 Å². The van der Waals surface area contributed by atoms with Crippen LogP contribution in [0, 0.1) is 0 Å². The number of hydrogen-bond acceptors (Lipinski definition) is 5. The molecule has 0 aliphatic carbocycles. The number of nitrogens with one attached hydrogen (secondary N) is 1. The highest BCUT2D eigenvalue weighted by atomic mass is 16.5. The molecular weight excluding hydrogens is 378 g/mol. The first-order valence-electron chi connectivity index (χ1n) is 9.85. The molecule has 0 aliphatic heterocycles. The minimum absolute atomic E-state index is 0.0950. The molecule has 0 aliphatic rings. The van der Waals surface area contributed by atoms with Gasteiger partial charge in [-0.15, -0.1) is 0 Å². The zero-order valence-corrected chi connectivity index (χ0v) is 16.7. The Morgan fingerprint density at radius 3 is 2.53 bits per heavy atom. The van der Waals surface area contributed by atoms with Gasteiger partial charge < -0.3 is 14.6 Å². The highest BCUT2D eigenvalue weighted by Crippen LogP contribution is 2.20. The predicted octanol–water partition coefficient (Wildman–Crippen LogP) is 3.33. The van der Waals surface area contributed by atoms with Crippen LogP contribution in [0.15, 0.2) is 73.3 Å². The maximum absolute atomic E-state index is 12.5. The third-order valence-electron chi connectivity index (χ3n) is 4.87. The number of aromatic nitrogens is 4. The molecule has 1 amide bonds. The summed E-state index contributed by atoms with van der Waals surface area (Å²) in [5, 5.41) is 2.98. The van der Waals surface area contributed by atoms with Crippen molar-refractivity contribution in [3.8, 4) is 5.88 Å². The summed E-state index contributed by atoms with van der Waals surface area (Å²) in [6.07, 6.45) is 3.02. The number of imidazole rings is 1. The van der Waals surface area contributed by atoms with Crippen LogP contribution in [-0.2, 0) is 17.9 Å². The highest BCUT2D eigenvalue weighted by Gasteiger charge is 2.14. The van der Waals surface area contributed by atoms with E-state index >= 15 is 0 Å². The Morgan fingerprint density at radius 2 is 1.77 bits per heavy atom. The van der Waals surface area contributed by atoms with Gasteiger partial charge in [0.05, 0.1) is 6.33 Å². The van der Waals surface area contributed by atoms with Gasteiger partial charge in [-0.1, -0.05) is 67.6 Å². The fraction of sp³-hybridized carbons (Fsp3) is 0.217. The quantitative estimate of drug-likeness (QED) is 0.490. The van der Waals surface area contributed by atoms with E-state index in [1.54, 1.807) is 10.9 Å². The van der Waals surface area contributed by atoms with Gasteiger partial charge in [0.25, 0.3) is 0 Å². The minimum atomic E-state index is -0.0950. The van der Waals surface area contributed by atoms with Crippen molar-refractivity contribution in [1.82, 2.24) is 24.8 Å². The fourth-order valence-electron chi connectivity index (χ4n) is 3.18. The number of ether oxygens (including phenoxy) is 1. The van der Waals surface area contributed by atoms with Crippen molar-refractivity contribution in [3.63, 3.8) is 0 Å². The average Bonchev–Trinajstić information content (AvgIpc) is 3.20. The number of benzene rings is 2. The summed E-state index contributed by atoms with van der Waals surface area (Å²) in [7, 11) is 0. The van der Waals surface area contributed by atoms with Crippen LogP contribution in [-0.4, -0.2) is 32.0 Å². The lowest BCUT2D eigenvalue weighted by Crippen LogP contribution is -2.30. The molecule has 7 heteroatoms. The summed E-state index contributed by atoms with van der Waals surface area (Å²) < 4.78 is 7.53. The van der Waals surface area contributed by atoms with E-state index in [0.29, 0.717) is 30.2 Å². The minimum Gasteiger partial charge on any atom is -0.471 e. The molecule has 0 fully saturated rings. The van der Waals surface area contributed by atoms with Crippen LogP contribution < -0.4 is 10.1 Å². The topological polar surface area (TPSA) is 81.9 Å². The molecule has 0 bridgehead atoms. The molecule has 0 saturated heterocycles. The molecule has 0 radical (unpaired) electrons. The molecule has 1 unspecified atom stereocenters. The maximum atomic E-state index is 12.5. The maximum Gasteiger partial charge on any atom is 0.245 e. The smallest absolute Gasteiger partial charge is 0.245 e. The summed E-state index contributed by atoms with van der Waals surface area (Å²) in [6.45, 7) is 3.17. The van der Waals surface area contributed by atoms with Gasteiger partial charge in [0.1, 0.15) is 19.5 Å². The zero-order valence-electron chi connectivity index (χ0n) is 16.7. The second-order valence-electron chi connectivity index (χ2n) is 7.11. The van der Waals surface area contributed by atoms with Crippen LogP contribution in [0.25, 0.3) is 11.2 Å². The molecule has 1 N–H and O–H groups in total. The first-order valence-corrected chi connectivity index (χ1v) is 9.85. The Kier molecular flexibility index (Phi) is 5.98. The van der Waals surface area contributed by atoms with Crippen LogP contribution in [0.3, 0.4) is 0 Å². The normalized spacial score (nSPS) is 11.9. The van der Waals surface area contributed by atoms with Crippen LogP contribution in [0.5, 0.6) is 5.88 Å². The second-order valence-corrected chi connectivity index (χ2v) is 7.11. The van der Waals surface area contributed by atoms with E-state index in [1.807, 2.05) is 48.5 Å². The van der Waals surface area contributed by atoms with Crippen molar-refractivity contribution in [2.75, 3.05) is 6.54 Å². The van der Waals surface area contributed by atoms with Gasteiger partial charge in [-0.05, 0) is 17.0 Å². The number of hydrogen-bond donors (Lipinski definition) is 1. The molecule has 4 aromatic rings. The number of fused-ring (bicyclic) bond motifs is 1. The number of carbonyl (C=O) groups is 1. The van der Waals surface area contributed by atoms with Gasteiger partial charge in [-0.3, -0.25) is 4.79 Å². The Labute approximate surface area is 174 Å². The molecule has 152 valence electrons. The van der Waals surface area contributed by atoms with Gasteiger partial charge in [-0.25, -0.2) is 9.97 Å². The van der Waals surface area contributed by atoms with Gasteiger partial charge in [0.2, 0.25) is 11.8 Å². The SMILES string of the molecule is CC(CNC(=O)Cn1cnc2c(OCc3ccccc3)ncnc21)c1ccccc1. The number of rotatable bonds is 8. The van der Waals surface area contributed by atoms with Gasteiger partial charge in [-0.2, -0.15) is 4.98 Å². The van der Waals surface area contributed by atoms with E-state index in [9.17, 15) is 4.79 Å². The largest absolute Gasteiger partial charge is 0.471 e. The van der Waals surface area contributed by atoms with Gasteiger partial charge >= 0.3 is 0 Å². The summed E-state index contributed by atoms with van der Waals surface area (Å²) in [5.41, 5.74) is 3.34. The number of nitrogens with zero attached hydrogens (tertiary/aromatic N) is 4. The molecule has 1 atom stereocenters. The van der Waals surface area contributed by atoms with Crippen molar-refractivity contribution in [3.05, 3.63) is 84.4 Å². The predicted molar refractivity (Wildman–Crippen MR) is 114 cm³/mol. The van der Waals surface area contributed by atoms with Crippen LogP contribution in [0.2, 0.25) is 0 Å². The Morgan fingerprint density at radius 1 is 1.03 bits per heavy atom. The molecule has 4 rings (SSSR count). The van der Waals surface area contributed by atoms with E-state index in [0.717, 1.165) is 5.56 Å². The average molecular weight is 401 g/mol. The summed E-state index contributed by atoms with van der Waals surface area (Å²) >= 11 is 0. The van der Waals surface area contributed by atoms with E-state index in [1.165, 1.54) is 11.9 Å². The highest BCUT2D eigenvalue weighted by molar-refractivity contribution is 5.80. The van der Waals surface area contributed by atoms with Crippen LogP contribution in [0.1, 0.15) is 24.0 Å². The lowest BCUT2D eigenvalue weighted by molar-refractivity contribution is -0.121. The van der Waals surface area contributed by atoms with Crippen LogP contribution >= 0.6 is 0 Å². The monoisotopic (exact) mass is 401 g/mol. The van der Waals surface area contributed by atoms with Gasteiger partial charge in [0.15, 0.2) is 11.2 Å². The van der Waals surface area contributed by atoms with Crippen molar-refractivity contribution in [1.29, 1.82) is 0 Å².